The maximum atomic E-state index is 12.5. The summed E-state index contributed by atoms with van der Waals surface area (Å²) in [5.41, 5.74) is 1.56. The van der Waals surface area contributed by atoms with Crippen LogP contribution in [0.1, 0.15) is 24.8 Å². The van der Waals surface area contributed by atoms with Crippen LogP contribution in [0.2, 0.25) is 0 Å². The van der Waals surface area contributed by atoms with Crippen LogP contribution in [0, 0.1) is 11.3 Å². The van der Waals surface area contributed by atoms with Crippen molar-refractivity contribution in [3.05, 3.63) is 35.9 Å². The first kappa shape index (κ1) is 15.2. The molecule has 0 radical (unpaired) electrons. The monoisotopic (exact) mass is 315 g/mol. The smallest absolute Gasteiger partial charge is 0.225 e. The van der Waals surface area contributed by atoms with E-state index in [0.717, 1.165) is 58.6 Å². The molecule has 3 aliphatic heterocycles. The van der Waals surface area contributed by atoms with E-state index in [4.69, 9.17) is 9.47 Å². The Morgan fingerprint density at radius 2 is 1.91 bits per heavy atom. The molecule has 4 nitrogen and oxygen atoms in total. The minimum Gasteiger partial charge on any atom is -0.381 e. The minimum absolute atomic E-state index is 0.184. The van der Waals surface area contributed by atoms with Gasteiger partial charge in [-0.05, 0) is 31.2 Å². The number of rotatable bonds is 3. The summed E-state index contributed by atoms with van der Waals surface area (Å²) >= 11 is 0. The van der Waals surface area contributed by atoms with Crippen LogP contribution in [0.5, 0.6) is 0 Å². The van der Waals surface area contributed by atoms with Crippen molar-refractivity contribution in [1.29, 1.82) is 0 Å². The molecule has 3 saturated heterocycles. The zero-order chi connectivity index (χ0) is 15.7. The van der Waals surface area contributed by atoms with Crippen LogP contribution in [0.4, 0.5) is 0 Å². The van der Waals surface area contributed by atoms with E-state index in [2.05, 4.69) is 24.3 Å². The Morgan fingerprint density at radius 1 is 1.17 bits per heavy atom. The van der Waals surface area contributed by atoms with E-state index >= 15 is 0 Å². The van der Waals surface area contributed by atoms with Crippen LogP contribution >= 0.6 is 0 Å². The van der Waals surface area contributed by atoms with Crippen LogP contribution in [-0.2, 0) is 20.7 Å². The molecule has 0 N–H and O–H groups in total. The molecule has 1 spiro atoms. The quantitative estimate of drug-likeness (QED) is 0.859. The SMILES string of the molecule is O=C(C1CCOCC1)N1CC2(COC(Cc3ccccc3)C2)C1. The maximum Gasteiger partial charge on any atom is 0.225 e. The van der Waals surface area contributed by atoms with Gasteiger partial charge in [-0.1, -0.05) is 30.3 Å². The predicted octanol–water partition coefficient (Wildman–Crippen LogP) is 2.27. The van der Waals surface area contributed by atoms with E-state index in [0.29, 0.717) is 12.0 Å². The van der Waals surface area contributed by atoms with E-state index in [1.54, 1.807) is 0 Å². The first-order chi connectivity index (χ1) is 11.2. The minimum atomic E-state index is 0.184. The lowest BCUT2D eigenvalue weighted by Crippen LogP contribution is -2.60. The highest BCUT2D eigenvalue weighted by molar-refractivity contribution is 5.80. The summed E-state index contributed by atoms with van der Waals surface area (Å²) in [7, 11) is 0. The lowest BCUT2D eigenvalue weighted by molar-refractivity contribution is -0.150. The van der Waals surface area contributed by atoms with Crippen molar-refractivity contribution >= 4 is 5.91 Å². The molecule has 4 rings (SSSR count). The van der Waals surface area contributed by atoms with Crippen molar-refractivity contribution in [3.8, 4) is 0 Å². The number of carbonyl (C=O) groups excluding carboxylic acids is 1. The highest BCUT2D eigenvalue weighted by Crippen LogP contribution is 2.42. The highest BCUT2D eigenvalue weighted by Gasteiger charge is 2.51. The van der Waals surface area contributed by atoms with Crippen LogP contribution in [0.25, 0.3) is 0 Å². The summed E-state index contributed by atoms with van der Waals surface area (Å²) in [6, 6.07) is 10.5. The van der Waals surface area contributed by atoms with Gasteiger partial charge in [0.1, 0.15) is 0 Å². The average molecular weight is 315 g/mol. The fraction of sp³-hybridized carbons (Fsp3) is 0.632. The summed E-state index contributed by atoms with van der Waals surface area (Å²) in [5, 5.41) is 0. The van der Waals surface area contributed by atoms with Crippen LogP contribution in [-0.4, -0.2) is 49.8 Å². The van der Waals surface area contributed by atoms with Crippen molar-refractivity contribution in [3.63, 3.8) is 0 Å². The van der Waals surface area contributed by atoms with Gasteiger partial charge < -0.3 is 14.4 Å². The molecular formula is C19H25NO3. The fourth-order valence-corrected chi connectivity index (χ4v) is 4.25. The highest BCUT2D eigenvalue weighted by atomic mass is 16.5. The molecule has 1 aromatic rings. The maximum absolute atomic E-state index is 12.5. The second-order valence-electron chi connectivity index (χ2n) is 7.41. The Kier molecular flexibility index (Phi) is 4.12. The number of nitrogens with zero attached hydrogens (tertiary/aromatic N) is 1. The Labute approximate surface area is 137 Å². The van der Waals surface area contributed by atoms with Gasteiger partial charge in [-0.15, -0.1) is 0 Å². The summed E-state index contributed by atoms with van der Waals surface area (Å²) < 4.78 is 11.4. The molecule has 0 saturated carbocycles. The second-order valence-corrected chi connectivity index (χ2v) is 7.41. The third-order valence-corrected chi connectivity index (χ3v) is 5.53. The van der Waals surface area contributed by atoms with Gasteiger partial charge in [-0.25, -0.2) is 0 Å². The number of hydrogen-bond acceptors (Lipinski definition) is 3. The van der Waals surface area contributed by atoms with Gasteiger partial charge >= 0.3 is 0 Å². The normalized spacial score (nSPS) is 27.1. The molecule has 0 aromatic heterocycles. The van der Waals surface area contributed by atoms with Gasteiger partial charge in [0.2, 0.25) is 5.91 Å². The van der Waals surface area contributed by atoms with E-state index in [-0.39, 0.29) is 11.3 Å². The average Bonchev–Trinajstić information content (AvgIpc) is 2.99. The lowest BCUT2D eigenvalue weighted by atomic mass is 9.76. The van der Waals surface area contributed by atoms with Crippen molar-refractivity contribution in [2.75, 3.05) is 32.9 Å². The molecule has 0 aliphatic carbocycles. The number of hydrogen-bond donors (Lipinski definition) is 0. The zero-order valence-corrected chi connectivity index (χ0v) is 13.6. The van der Waals surface area contributed by atoms with Gasteiger partial charge in [-0.2, -0.15) is 0 Å². The molecule has 0 bridgehead atoms. The Balaban J connectivity index is 1.28. The standard InChI is InChI=1S/C19H25NO3/c21-18(16-6-8-22-9-7-16)20-12-19(13-20)11-17(23-14-19)10-15-4-2-1-3-5-15/h1-5,16-17H,6-14H2. The van der Waals surface area contributed by atoms with Crippen molar-refractivity contribution < 1.29 is 14.3 Å². The van der Waals surface area contributed by atoms with Crippen LogP contribution < -0.4 is 0 Å². The first-order valence-electron chi connectivity index (χ1n) is 8.76. The summed E-state index contributed by atoms with van der Waals surface area (Å²) in [6.07, 6.45) is 4.14. The summed E-state index contributed by atoms with van der Waals surface area (Å²) in [6.45, 7) is 4.04. The molecule has 124 valence electrons. The molecule has 4 heteroatoms. The van der Waals surface area contributed by atoms with Gasteiger partial charge in [0.15, 0.2) is 0 Å². The molecule has 1 unspecified atom stereocenters. The predicted molar refractivity (Wildman–Crippen MR) is 87.1 cm³/mol. The molecular weight excluding hydrogens is 290 g/mol. The molecule has 23 heavy (non-hydrogen) atoms. The number of carbonyl (C=O) groups is 1. The molecule has 3 aliphatic rings. The molecule has 3 fully saturated rings. The Morgan fingerprint density at radius 3 is 2.65 bits per heavy atom. The van der Waals surface area contributed by atoms with E-state index in [9.17, 15) is 4.79 Å². The molecule has 3 heterocycles. The number of likely N-dealkylation sites (tertiary alicyclic amines) is 1. The largest absolute Gasteiger partial charge is 0.381 e. The van der Waals surface area contributed by atoms with E-state index < -0.39 is 0 Å². The molecule has 1 amide bonds. The molecule has 1 atom stereocenters. The van der Waals surface area contributed by atoms with E-state index in [1.807, 2.05) is 11.0 Å². The third-order valence-electron chi connectivity index (χ3n) is 5.53. The fourth-order valence-electron chi connectivity index (χ4n) is 4.25. The van der Waals surface area contributed by atoms with Gasteiger partial charge in [-0.3, -0.25) is 4.79 Å². The number of amides is 1. The third kappa shape index (κ3) is 3.15. The zero-order valence-electron chi connectivity index (χ0n) is 13.6. The van der Waals surface area contributed by atoms with E-state index in [1.165, 1.54) is 5.56 Å². The summed E-state index contributed by atoms with van der Waals surface area (Å²) in [5.74, 6) is 0.522. The Bertz CT molecular complexity index is 547. The van der Waals surface area contributed by atoms with Crippen LogP contribution in [0.15, 0.2) is 30.3 Å². The van der Waals surface area contributed by atoms with Gasteiger partial charge in [0.25, 0.3) is 0 Å². The van der Waals surface area contributed by atoms with Crippen molar-refractivity contribution in [2.24, 2.45) is 11.3 Å². The van der Waals surface area contributed by atoms with Gasteiger partial charge in [0, 0.05) is 37.6 Å². The topological polar surface area (TPSA) is 38.8 Å². The van der Waals surface area contributed by atoms with Crippen LogP contribution in [0.3, 0.4) is 0 Å². The van der Waals surface area contributed by atoms with Gasteiger partial charge in [0.05, 0.1) is 12.7 Å². The first-order valence-corrected chi connectivity index (χ1v) is 8.76. The molecule has 1 aromatic carbocycles. The Hall–Kier alpha value is -1.39. The van der Waals surface area contributed by atoms with Crippen molar-refractivity contribution in [1.82, 2.24) is 4.90 Å². The number of ether oxygens (including phenoxy) is 2. The van der Waals surface area contributed by atoms with Crippen molar-refractivity contribution in [2.45, 2.75) is 31.8 Å². The summed E-state index contributed by atoms with van der Waals surface area (Å²) in [4.78, 5) is 14.6. The second kappa shape index (κ2) is 6.25. The number of benzene rings is 1. The lowest BCUT2D eigenvalue weighted by Gasteiger charge is -2.48.